The molecule has 2 saturated heterocycles. The van der Waals surface area contributed by atoms with Crippen LogP contribution < -0.4 is 9.47 Å². The van der Waals surface area contributed by atoms with Gasteiger partial charge in [-0.25, -0.2) is 0 Å². The molecule has 2 aromatic carbocycles. The van der Waals surface area contributed by atoms with Gasteiger partial charge in [0.25, 0.3) is 11.1 Å². The molecule has 2 fully saturated rings. The van der Waals surface area contributed by atoms with Crippen molar-refractivity contribution in [2.45, 2.75) is 19.4 Å². The van der Waals surface area contributed by atoms with Gasteiger partial charge in [-0.1, -0.05) is 29.8 Å². The number of nitrogens with zero attached hydrogens (tertiary/aromatic N) is 2. The van der Waals surface area contributed by atoms with Gasteiger partial charge < -0.3 is 14.4 Å². The number of hydrogen-bond acceptors (Lipinski definition) is 6. The van der Waals surface area contributed by atoms with Crippen LogP contribution in [-0.2, 0) is 16.2 Å². The Hall–Kier alpha value is -2.97. The molecule has 0 radical (unpaired) electrons. The number of carbonyl (C=O) groups is 3. The summed E-state index contributed by atoms with van der Waals surface area (Å²) in [7, 11) is 1.53. The van der Waals surface area contributed by atoms with Gasteiger partial charge in [0.2, 0.25) is 5.91 Å². The highest BCUT2D eigenvalue weighted by atomic mass is 35.5. The normalized spacial score (nSPS) is 17.2. The van der Waals surface area contributed by atoms with Crippen molar-refractivity contribution in [3.63, 3.8) is 0 Å². The zero-order valence-corrected chi connectivity index (χ0v) is 19.7. The van der Waals surface area contributed by atoms with Crippen LogP contribution >= 0.6 is 23.4 Å². The summed E-state index contributed by atoms with van der Waals surface area (Å²) in [6.45, 7) is 1.45. The summed E-state index contributed by atoms with van der Waals surface area (Å²) < 4.78 is 11.3. The van der Waals surface area contributed by atoms with E-state index in [0.29, 0.717) is 41.8 Å². The number of methoxy groups -OCH3 is 1. The van der Waals surface area contributed by atoms with E-state index in [9.17, 15) is 14.4 Å². The van der Waals surface area contributed by atoms with E-state index in [1.54, 1.807) is 35.2 Å². The minimum atomic E-state index is -0.460. The van der Waals surface area contributed by atoms with Gasteiger partial charge in [-0.3, -0.25) is 19.3 Å². The molecule has 0 spiro atoms. The minimum absolute atomic E-state index is 0.195. The average Bonchev–Trinajstić information content (AvgIpc) is 3.43. The van der Waals surface area contributed by atoms with Crippen LogP contribution in [0.2, 0.25) is 5.02 Å². The molecule has 2 heterocycles. The molecular weight excluding hydrogens is 464 g/mol. The number of hydrogen-bond donors (Lipinski definition) is 0. The topological polar surface area (TPSA) is 76.2 Å². The zero-order chi connectivity index (χ0) is 23.4. The molecule has 4 rings (SSSR count). The third-order valence-corrected chi connectivity index (χ3v) is 6.54. The molecular formula is C24H23ClN2O5S. The highest BCUT2D eigenvalue weighted by molar-refractivity contribution is 8.18. The van der Waals surface area contributed by atoms with Crippen molar-refractivity contribution in [1.82, 2.24) is 9.80 Å². The van der Waals surface area contributed by atoms with Gasteiger partial charge in [-0.2, -0.15) is 0 Å². The highest BCUT2D eigenvalue weighted by Gasteiger charge is 2.37. The van der Waals surface area contributed by atoms with Crippen LogP contribution in [0.4, 0.5) is 4.79 Å². The van der Waals surface area contributed by atoms with E-state index in [4.69, 9.17) is 21.1 Å². The van der Waals surface area contributed by atoms with E-state index >= 15 is 0 Å². The van der Waals surface area contributed by atoms with Crippen LogP contribution in [0.1, 0.15) is 24.0 Å². The van der Waals surface area contributed by atoms with Crippen molar-refractivity contribution in [2.24, 2.45) is 0 Å². The highest BCUT2D eigenvalue weighted by Crippen LogP contribution is 2.35. The molecule has 0 aromatic heterocycles. The Morgan fingerprint density at radius 3 is 2.64 bits per heavy atom. The number of benzene rings is 2. The third-order valence-electron chi connectivity index (χ3n) is 5.39. The fourth-order valence-corrected chi connectivity index (χ4v) is 4.72. The van der Waals surface area contributed by atoms with Crippen molar-refractivity contribution >= 4 is 46.5 Å². The zero-order valence-electron chi connectivity index (χ0n) is 18.1. The number of thioether (sulfide) groups is 1. The van der Waals surface area contributed by atoms with Crippen molar-refractivity contribution in [1.29, 1.82) is 0 Å². The van der Waals surface area contributed by atoms with Crippen LogP contribution in [0.25, 0.3) is 6.08 Å². The maximum absolute atomic E-state index is 12.8. The molecule has 9 heteroatoms. The Kier molecular flexibility index (Phi) is 7.25. The van der Waals surface area contributed by atoms with Crippen LogP contribution in [-0.4, -0.2) is 53.6 Å². The Balaban J connectivity index is 1.45. The fourth-order valence-electron chi connectivity index (χ4n) is 3.67. The third kappa shape index (κ3) is 5.51. The average molecular weight is 487 g/mol. The van der Waals surface area contributed by atoms with Gasteiger partial charge >= 0.3 is 0 Å². The lowest BCUT2D eigenvalue weighted by Crippen LogP contribution is -2.40. The lowest BCUT2D eigenvalue weighted by atomic mass is 10.1. The van der Waals surface area contributed by atoms with Crippen molar-refractivity contribution in [3.05, 3.63) is 63.5 Å². The van der Waals surface area contributed by atoms with Crippen molar-refractivity contribution < 1.29 is 23.9 Å². The maximum Gasteiger partial charge on any atom is 0.294 e. The van der Waals surface area contributed by atoms with Gasteiger partial charge in [0.05, 0.1) is 12.0 Å². The van der Waals surface area contributed by atoms with Gasteiger partial charge in [-0.05, 0) is 66.1 Å². The number of amides is 3. The van der Waals surface area contributed by atoms with E-state index in [-0.39, 0.29) is 17.4 Å². The molecule has 3 amide bonds. The monoisotopic (exact) mass is 486 g/mol. The second-order valence-electron chi connectivity index (χ2n) is 7.68. The molecule has 0 atom stereocenters. The molecule has 0 saturated carbocycles. The molecule has 0 unspecified atom stereocenters. The number of imide groups is 1. The standard InChI is InChI=1S/C24H23ClN2O5S/c1-31-20-12-16(7-8-19(20)32-15-17-5-4-6-18(25)11-17)13-21-23(29)27(24(30)33-21)14-22(28)26-9-2-3-10-26/h4-8,11-13H,2-3,9-10,14-15H2,1H3/b21-13-. The van der Waals surface area contributed by atoms with E-state index in [2.05, 4.69) is 0 Å². The quantitative estimate of drug-likeness (QED) is 0.533. The number of ether oxygens (including phenoxy) is 2. The first-order valence-electron chi connectivity index (χ1n) is 10.5. The maximum atomic E-state index is 12.8. The summed E-state index contributed by atoms with van der Waals surface area (Å²) >= 11 is 6.85. The van der Waals surface area contributed by atoms with E-state index in [0.717, 1.165) is 35.1 Å². The number of carbonyl (C=O) groups excluding carboxylic acids is 3. The van der Waals surface area contributed by atoms with Gasteiger partial charge in [0.15, 0.2) is 11.5 Å². The predicted octanol–water partition coefficient (Wildman–Crippen LogP) is 4.59. The molecule has 0 N–H and O–H groups in total. The van der Waals surface area contributed by atoms with Crippen LogP contribution in [0, 0.1) is 0 Å². The largest absolute Gasteiger partial charge is 0.493 e. The van der Waals surface area contributed by atoms with Crippen molar-refractivity contribution in [3.8, 4) is 11.5 Å². The van der Waals surface area contributed by atoms with Crippen LogP contribution in [0.3, 0.4) is 0 Å². The first kappa shape index (κ1) is 23.2. The van der Waals surface area contributed by atoms with E-state index in [1.165, 1.54) is 7.11 Å². The van der Waals surface area contributed by atoms with Gasteiger partial charge in [0, 0.05) is 18.1 Å². The SMILES string of the molecule is COc1cc(/C=C2\SC(=O)N(CC(=O)N3CCCC3)C2=O)ccc1OCc1cccc(Cl)c1. The molecule has 33 heavy (non-hydrogen) atoms. The lowest BCUT2D eigenvalue weighted by molar-refractivity contribution is -0.135. The molecule has 7 nitrogen and oxygen atoms in total. The Morgan fingerprint density at radius 1 is 1.12 bits per heavy atom. The van der Waals surface area contributed by atoms with E-state index in [1.807, 2.05) is 18.2 Å². The first-order chi connectivity index (χ1) is 15.9. The first-order valence-corrected chi connectivity index (χ1v) is 11.7. The Bertz CT molecular complexity index is 1110. The second kappa shape index (κ2) is 10.3. The Labute approximate surface area is 201 Å². The molecule has 0 aliphatic carbocycles. The van der Waals surface area contributed by atoms with Gasteiger partial charge in [-0.15, -0.1) is 0 Å². The molecule has 2 aliphatic heterocycles. The summed E-state index contributed by atoms with van der Waals surface area (Å²) in [6.07, 6.45) is 3.52. The molecule has 2 aromatic rings. The fraction of sp³-hybridized carbons (Fsp3) is 0.292. The second-order valence-corrected chi connectivity index (χ2v) is 9.11. The summed E-state index contributed by atoms with van der Waals surface area (Å²) in [5.41, 5.74) is 1.60. The van der Waals surface area contributed by atoms with E-state index < -0.39 is 11.1 Å². The number of halogens is 1. The summed E-state index contributed by atoms with van der Waals surface area (Å²) in [6, 6.07) is 12.6. The van der Waals surface area contributed by atoms with Crippen LogP contribution in [0.5, 0.6) is 11.5 Å². The predicted molar refractivity (Wildman–Crippen MR) is 127 cm³/mol. The minimum Gasteiger partial charge on any atom is -0.493 e. The summed E-state index contributed by atoms with van der Waals surface area (Å²) in [4.78, 5) is 40.5. The summed E-state index contributed by atoms with van der Waals surface area (Å²) in [5.74, 6) is 0.380. The van der Waals surface area contributed by atoms with Crippen molar-refractivity contribution in [2.75, 3.05) is 26.7 Å². The summed E-state index contributed by atoms with van der Waals surface area (Å²) in [5, 5.41) is 0.196. The number of rotatable bonds is 7. The number of likely N-dealkylation sites (tertiary alicyclic amines) is 1. The molecule has 2 aliphatic rings. The smallest absolute Gasteiger partial charge is 0.294 e. The molecule has 172 valence electrons. The van der Waals surface area contributed by atoms with Crippen LogP contribution in [0.15, 0.2) is 47.4 Å². The Morgan fingerprint density at radius 2 is 1.91 bits per heavy atom. The molecule has 0 bridgehead atoms. The lowest BCUT2D eigenvalue weighted by Gasteiger charge is -2.18. The van der Waals surface area contributed by atoms with Gasteiger partial charge in [0.1, 0.15) is 13.2 Å².